The minimum Gasteiger partial charge on any atom is -0.486 e. The van der Waals surface area contributed by atoms with Crippen LogP contribution < -0.4 is 9.47 Å². The van der Waals surface area contributed by atoms with Crippen molar-refractivity contribution in [3.63, 3.8) is 0 Å². The third kappa shape index (κ3) is 6.01. The van der Waals surface area contributed by atoms with Crippen molar-refractivity contribution in [1.82, 2.24) is 9.97 Å². The number of hydrogen-bond donors (Lipinski definition) is 1. The van der Waals surface area contributed by atoms with Gasteiger partial charge in [-0.05, 0) is 55.0 Å². The Morgan fingerprint density at radius 1 is 0.974 bits per heavy atom. The van der Waals surface area contributed by atoms with Crippen LogP contribution >= 0.6 is 11.3 Å². The molecule has 10 heteroatoms. The highest BCUT2D eigenvalue weighted by atomic mass is 32.1. The Kier molecular flexibility index (Phi) is 7.21. The van der Waals surface area contributed by atoms with Crippen molar-refractivity contribution in [2.24, 2.45) is 0 Å². The largest absolute Gasteiger partial charge is 0.486 e. The zero-order valence-electron chi connectivity index (χ0n) is 20.5. The van der Waals surface area contributed by atoms with Crippen molar-refractivity contribution < 1.29 is 32.5 Å². The lowest BCUT2D eigenvalue weighted by atomic mass is 10.0. The van der Waals surface area contributed by atoms with Gasteiger partial charge in [0, 0.05) is 22.7 Å². The van der Waals surface area contributed by atoms with Gasteiger partial charge in [0.1, 0.15) is 23.1 Å². The third-order valence-electron chi connectivity index (χ3n) is 5.87. The average molecular weight is 551 g/mol. The van der Waals surface area contributed by atoms with Crippen LogP contribution in [0, 0.1) is 6.92 Å². The van der Waals surface area contributed by atoms with Crippen LogP contribution in [0.25, 0.3) is 32.6 Å². The number of ether oxygens (including phenoxy) is 2. The highest BCUT2D eigenvalue weighted by Gasteiger charge is 2.30. The van der Waals surface area contributed by atoms with Crippen molar-refractivity contribution in [3.8, 4) is 33.2 Å². The van der Waals surface area contributed by atoms with Crippen LogP contribution in [0.4, 0.5) is 13.2 Å². The quantitative estimate of drug-likeness (QED) is 0.217. The minimum absolute atomic E-state index is 0.119. The molecule has 0 amide bonds. The summed E-state index contributed by atoms with van der Waals surface area (Å²) < 4.78 is 50.6. The van der Waals surface area contributed by atoms with Crippen molar-refractivity contribution in [3.05, 3.63) is 95.1 Å². The van der Waals surface area contributed by atoms with Gasteiger partial charge in [-0.3, -0.25) is 4.98 Å². The summed E-state index contributed by atoms with van der Waals surface area (Å²) in [6, 6.07) is 19.6. The Hall–Kier alpha value is -4.44. The summed E-state index contributed by atoms with van der Waals surface area (Å²) in [5, 5.41) is 10.4. The number of carbonyl (C=O) groups is 1. The molecule has 0 saturated carbocycles. The summed E-state index contributed by atoms with van der Waals surface area (Å²) in [6.07, 6.45) is -2.70. The van der Waals surface area contributed by atoms with E-state index in [1.165, 1.54) is 23.5 Å². The van der Waals surface area contributed by atoms with Crippen LogP contribution in [-0.2, 0) is 17.6 Å². The molecule has 39 heavy (non-hydrogen) atoms. The lowest BCUT2D eigenvalue weighted by molar-refractivity contribution is -0.139. The Bertz CT molecular complexity index is 1650. The molecule has 0 unspecified atom stereocenters. The third-order valence-corrected chi connectivity index (χ3v) is 6.95. The molecule has 5 rings (SSSR count). The van der Waals surface area contributed by atoms with Gasteiger partial charge in [0.2, 0.25) is 0 Å². The molecule has 0 bridgehead atoms. The molecule has 0 aliphatic heterocycles. The first kappa shape index (κ1) is 26.2. The van der Waals surface area contributed by atoms with Gasteiger partial charge in [-0.2, -0.15) is 13.2 Å². The van der Waals surface area contributed by atoms with Crippen LogP contribution in [0.15, 0.2) is 79.0 Å². The van der Waals surface area contributed by atoms with Gasteiger partial charge in [0.25, 0.3) is 0 Å². The van der Waals surface area contributed by atoms with Gasteiger partial charge in [-0.1, -0.05) is 30.3 Å². The van der Waals surface area contributed by atoms with Gasteiger partial charge < -0.3 is 14.6 Å². The van der Waals surface area contributed by atoms with Crippen LogP contribution in [0.1, 0.15) is 16.1 Å². The van der Waals surface area contributed by atoms with Gasteiger partial charge in [-0.15, -0.1) is 11.3 Å². The van der Waals surface area contributed by atoms with Gasteiger partial charge in [-0.25, -0.2) is 9.78 Å². The maximum absolute atomic E-state index is 13.1. The second-order valence-corrected chi connectivity index (χ2v) is 9.76. The first-order valence-corrected chi connectivity index (χ1v) is 12.6. The molecule has 0 saturated heterocycles. The number of carboxylic acids is 1. The smallest absolute Gasteiger partial charge is 0.416 e. The molecular weight excluding hydrogens is 529 g/mol. The van der Waals surface area contributed by atoms with Gasteiger partial charge >= 0.3 is 12.1 Å². The lowest BCUT2D eigenvalue weighted by Crippen LogP contribution is -2.10. The molecule has 3 aromatic carbocycles. The maximum atomic E-state index is 13.1. The summed E-state index contributed by atoms with van der Waals surface area (Å²) in [6.45, 7) is 1.45. The molecular formula is C29H21F3N2O4S. The molecule has 0 aliphatic rings. The summed E-state index contributed by atoms with van der Waals surface area (Å²) in [5.41, 5.74) is 2.69. The monoisotopic (exact) mass is 550 g/mol. The maximum Gasteiger partial charge on any atom is 0.416 e. The molecule has 2 heterocycles. The molecule has 198 valence electrons. The van der Waals surface area contributed by atoms with Crippen LogP contribution in [0.5, 0.6) is 11.5 Å². The van der Waals surface area contributed by atoms with Crippen LogP contribution in [0.3, 0.4) is 0 Å². The molecule has 0 spiro atoms. The molecule has 0 aliphatic carbocycles. The lowest BCUT2D eigenvalue weighted by Gasteiger charge is -2.09. The summed E-state index contributed by atoms with van der Waals surface area (Å²) in [5.74, 6) is -0.0928. The highest BCUT2D eigenvalue weighted by molar-refractivity contribution is 7.15. The number of alkyl halides is 3. The number of nitrogens with zero attached hydrogens (tertiary/aromatic N) is 2. The number of hydrogen-bond acceptors (Lipinski definition) is 6. The first-order chi connectivity index (χ1) is 18.7. The number of rotatable bonds is 8. The molecule has 2 aromatic heterocycles. The van der Waals surface area contributed by atoms with Crippen molar-refractivity contribution in [1.29, 1.82) is 0 Å². The number of fused-ring (bicyclic) bond motifs is 1. The van der Waals surface area contributed by atoms with E-state index in [1.807, 2.05) is 30.3 Å². The van der Waals surface area contributed by atoms with E-state index in [9.17, 15) is 18.0 Å². The number of benzene rings is 3. The van der Waals surface area contributed by atoms with E-state index in [2.05, 4.69) is 4.98 Å². The zero-order valence-corrected chi connectivity index (χ0v) is 21.3. The standard InChI is InChI=1S/C29H21F3N2O4S/c1-17-12-22(10-11-24(17)38-16-26(35)36)37-15-25-34-27(18-6-8-21(9-7-18)29(30,31)32)28(39-25)20-13-19-4-2-3-5-23(19)33-14-20/h2-14H,15-16H2,1H3,(H,35,36). The Morgan fingerprint density at radius 3 is 2.46 bits per heavy atom. The van der Waals surface area contributed by atoms with Crippen molar-refractivity contribution in [2.75, 3.05) is 6.61 Å². The molecule has 0 atom stereocenters. The second-order valence-electron chi connectivity index (χ2n) is 8.68. The SMILES string of the molecule is Cc1cc(OCc2nc(-c3ccc(C(F)(F)F)cc3)c(-c3cnc4ccccc4c3)s2)ccc1OCC(=O)O. The summed E-state index contributed by atoms with van der Waals surface area (Å²) >= 11 is 1.38. The van der Waals surface area contributed by atoms with Crippen molar-refractivity contribution >= 4 is 28.2 Å². The number of halogens is 3. The number of aromatic nitrogens is 2. The predicted molar refractivity (Wildman–Crippen MR) is 142 cm³/mol. The van der Waals surface area contributed by atoms with E-state index < -0.39 is 24.3 Å². The number of carboxylic acid groups (broad SMARTS) is 1. The van der Waals surface area contributed by atoms with Gasteiger partial charge in [0.15, 0.2) is 6.61 Å². The van der Waals surface area contributed by atoms with Crippen LogP contribution in [0.2, 0.25) is 0 Å². The van der Waals surface area contributed by atoms with Gasteiger partial charge in [0.05, 0.1) is 21.7 Å². The summed E-state index contributed by atoms with van der Waals surface area (Å²) in [7, 11) is 0. The van der Waals surface area contributed by atoms with Crippen molar-refractivity contribution in [2.45, 2.75) is 19.7 Å². The Balaban J connectivity index is 1.46. The molecule has 1 N–H and O–H groups in total. The molecule has 6 nitrogen and oxygen atoms in total. The fourth-order valence-corrected chi connectivity index (χ4v) is 4.97. The normalized spacial score (nSPS) is 11.5. The van der Waals surface area contributed by atoms with E-state index in [0.717, 1.165) is 33.5 Å². The highest BCUT2D eigenvalue weighted by Crippen LogP contribution is 2.39. The van der Waals surface area contributed by atoms with E-state index >= 15 is 0 Å². The zero-order chi connectivity index (χ0) is 27.6. The minimum atomic E-state index is -4.43. The molecule has 5 aromatic rings. The summed E-state index contributed by atoms with van der Waals surface area (Å²) in [4.78, 5) is 20.8. The predicted octanol–water partition coefficient (Wildman–Crippen LogP) is 7.39. The average Bonchev–Trinajstić information content (AvgIpc) is 3.35. The van der Waals surface area contributed by atoms with E-state index in [4.69, 9.17) is 19.6 Å². The number of para-hydroxylation sites is 1. The Labute approximate surface area is 225 Å². The number of aryl methyl sites for hydroxylation is 1. The number of aliphatic carboxylic acids is 1. The fraction of sp³-hybridized carbons (Fsp3) is 0.138. The van der Waals surface area contributed by atoms with E-state index in [-0.39, 0.29) is 6.61 Å². The Morgan fingerprint density at radius 2 is 1.74 bits per heavy atom. The van der Waals surface area contributed by atoms with E-state index in [0.29, 0.717) is 33.3 Å². The van der Waals surface area contributed by atoms with E-state index in [1.54, 1.807) is 31.3 Å². The molecule has 0 fully saturated rings. The molecule has 0 radical (unpaired) electrons. The van der Waals surface area contributed by atoms with Crippen LogP contribution in [-0.4, -0.2) is 27.7 Å². The number of pyridine rings is 1. The number of thiazole rings is 1. The second kappa shape index (κ2) is 10.7. The first-order valence-electron chi connectivity index (χ1n) is 11.8. The topological polar surface area (TPSA) is 81.5 Å². The fourth-order valence-electron chi connectivity index (χ4n) is 3.99.